The van der Waals surface area contributed by atoms with Crippen molar-refractivity contribution in [2.24, 2.45) is 10.9 Å². The smallest absolute Gasteiger partial charge is 0.326 e. The molecule has 1 fully saturated rings. The Morgan fingerprint density at radius 3 is 2.87 bits per heavy atom. The summed E-state index contributed by atoms with van der Waals surface area (Å²) in [4.78, 5) is 30.0. The maximum absolute atomic E-state index is 11.4. The van der Waals surface area contributed by atoms with Crippen LogP contribution in [0, 0.1) is 12.8 Å². The number of pyridine rings is 1. The standard InChI is InChI=1S/C20H20N8O2/c1-11-2-5-15(21-8-11)25-16-7-17(22-9-12-3-4-12)28-18(26-16)13(10-23-28)6-14-19(29)27-20(30)24-14/h2,5-8,10,12,29H,3-4,9H2,1H3,(H,21,25)(H2,24,27,30). The molecule has 0 amide bonds. The lowest BCUT2D eigenvalue weighted by Gasteiger charge is -2.06. The van der Waals surface area contributed by atoms with Crippen molar-refractivity contribution in [2.75, 3.05) is 11.9 Å². The van der Waals surface area contributed by atoms with Crippen molar-refractivity contribution >= 4 is 23.4 Å². The molecule has 4 N–H and O–H groups in total. The van der Waals surface area contributed by atoms with Crippen molar-refractivity contribution in [1.82, 2.24) is 29.5 Å². The summed E-state index contributed by atoms with van der Waals surface area (Å²) >= 11 is 0. The van der Waals surface area contributed by atoms with Crippen LogP contribution in [-0.2, 0) is 0 Å². The van der Waals surface area contributed by atoms with Gasteiger partial charge < -0.3 is 15.4 Å². The minimum Gasteiger partial charge on any atom is -0.493 e. The Balaban J connectivity index is 1.64. The van der Waals surface area contributed by atoms with E-state index in [1.165, 1.54) is 12.8 Å². The molecule has 0 radical (unpaired) electrons. The molecule has 1 aliphatic carbocycles. The van der Waals surface area contributed by atoms with Crippen LogP contribution in [0.5, 0.6) is 5.88 Å². The predicted molar refractivity (Wildman–Crippen MR) is 110 cm³/mol. The van der Waals surface area contributed by atoms with Crippen LogP contribution in [0.2, 0.25) is 0 Å². The number of nitrogens with zero attached hydrogens (tertiary/aromatic N) is 5. The molecule has 0 spiro atoms. The molecular weight excluding hydrogens is 384 g/mol. The lowest BCUT2D eigenvalue weighted by Crippen LogP contribution is -2.20. The number of fused-ring (bicyclic) bond motifs is 1. The van der Waals surface area contributed by atoms with Gasteiger partial charge in [0.15, 0.2) is 11.1 Å². The molecule has 4 aromatic heterocycles. The second kappa shape index (κ2) is 7.14. The molecule has 0 aliphatic heterocycles. The summed E-state index contributed by atoms with van der Waals surface area (Å²) in [5, 5.41) is 18.1. The van der Waals surface area contributed by atoms with Gasteiger partial charge in [-0.25, -0.2) is 14.8 Å². The van der Waals surface area contributed by atoms with Crippen molar-refractivity contribution in [3.05, 3.63) is 63.0 Å². The topological polar surface area (TPSA) is 136 Å². The van der Waals surface area contributed by atoms with Gasteiger partial charge in [-0.1, -0.05) is 6.07 Å². The molecule has 4 aromatic rings. The number of aromatic nitrogens is 6. The summed E-state index contributed by atoms with van der Waals surface area (Å²) in [6, 6.07) is 5.69. The number of rotatable bonds is 5. The SMILES string of the molecule is Cc1ccc(Nc2cc(=NCC3CC3)n3ncc(=Cc4[nH]c(=O)[nH]c4O)c3n2)nc1. The maximum atomic E-state index is 11.4. The maximum Gasteiger partial charge on any atom is 0.326 e. The molecule has 1 saturated carbocycles. The van der Waals surface area contributed by atoms with Gasteiger partial charge >= 0.3 is 5.69 Å². The highest BCUT2D eigenvalue weighted by molar-refractivity contribution is 5.59. The summed E-state index contributed by atoms with van der Waals surface area (Å²) < 4.78 is 1.66. The highest BCUT2D eigenvalue weighted by atomic mass is 16.3. The zero-order valence-electron chi connectivity index (χ0n) is 16.3. The number of hydrogen-bond donors (Lipinski definition) is 4. The Hall–Kier alpha value is -3.95. The normalized spacial score (nSPS) is 15.2. The van der Waals surface area contributed by atoms with Crippen LogP contribution in [0.15, 0.2) is 40.4 Å². The Bertz CT molecular complexity index is 1390. The van der Waals surface area contributed by atoms with Gasteiger partial charge in [0.25, 0.3) is 0 Å². The van der Waals surface area contributed by atoms with Crippen LogP contribution in [0.3, 0.4) is 0 Å². The number of imidazole rings is 1. The first-order valence-electron chi connectivity index (χ1n) is 9.67. The van der Waals surface area contributed by atoms with Crippen LogP contribution in [0.25, 0.3) is 11.7 Å². The fourth-order valence-electron chi connectivity index (χ4n) is 3.09. The molecule has 0 saturated heterocycles. The summed E-state index contributed by atoms with van der Waals surface area (Å²) in [7, 11) is 0. The molecule has 0 bridgehead atoms. The molecule has 5 rings (SSSR count). The van der Waals surface area contributed by atoms with E-state index >= 15 is 0 Å². The molecule has 10 heteroatoms. The van der Waals surface area contributed by atoms with E-state index in [9.17, 15) is 9.90 Å². The van der Waals surface area contributed by atoms with Gasteiger partial charge in [0.05, 0.1) is 6.20 Å². The van der Waals surface area contributed by atoms with E-state index in [4.69, 9.17) is 4.99 Å². The number of aromatic hydroxyl groups is 1. The second-order valence-electron chi connectivity index (χ2n) is 7.45. The fourth-order valence-corrected chi connectivity index (χ4v) is 3.09. The lowest BCUT2D eigenvalue weighted by atomic mass is 10.3. The molecule has 1 aliphatic rings. The monoisotopic (exact) mass is 404 g/mol. The van der Waals surface area contributed by atoms with Gasteiger partial charge in [-0.2, -0.15) is 9.61 Å². The minimum absolute atomic E-state index is 0.240. The number of H-pyrrole nitrogens is 2. The van der Waals surface area contributed by atoms with E-state index in [1.807, 2.05) is 25.1 Å². The molecule has 30 heavy (non-hydrogen) atoms. The number of hydrogen-bond acceptors (Lipinski definition) is 7. The zero-order valence-corrected chi connectivity index (χ0v) is 16.3. The average Bonchev–Trinajstić information content (AvgIpc) is 3.39. The Labute approximate surface area is 170 Å². The first-order chi connectivity index (χ1) is 14.5. The third-order valence-electron chi connectivity index (χ3n) is 4.89. The Morgan fingerprint density at radius 2 is 2.17 bits per heavy atom. The highest BCUT2D eigenvalue weighted by Crippen LogP contribution is 2.28. The molecule has 152 valence electrons. The number of aryl methyl sites for hydroxylation is 1. The number of anilines is 2. The number of nitrogens with one attached hydrogen (secondary N) is 3. The van der Waals surface area contributed by atoms with E-state index in [0.29, 0.717) is 33.9 Å². The highest BCUT2D eigenvalue weighted by Gasteiger charge is 2.20. The Morgan fingerprint density at radius 1 is 1.30 bits per heavy atom. The quantitative estimate of drug-likeness (QED) is 0.388. The van der Waals surface area contributed by atoms with E-state index in [-0.39, 0.29) is 11.6 Å². The third-order valence-corrected chi connectivity index (χ3v) is 4.89. The second-order valence-corrected chi connectivity index (χ2v) is 7.45. The first kappa shape index (κ1) is 18.1. The molecule has 0 atom stereocenters. The summed E-state index contributed by atoms with van der Waals surface area (Å²) in [6.07, 6.45) is 7.42. The van der Waals surface area contributed by atoms with Gasteiger partial charge in [0.2, 0.25) is 5.88 Å². The zero-order chi connectivity index (χ0) is 20.7. The van der Waals surface area contributed by atoms with Gasteiger partial charge in [-0.3, -0.25) is 9.98 Å². The third kappa shape index (κ3) is 3.66. The molecule has 0 unspecified atom stereocenters. The van der Waals surface area contributed by atoms with Crippen LogP contribution >= 0.6 is 0 Å². The van der Waals surface area contributed by atoms with Gasteiger partial charge in [-0.15, -0.1) is 0 Å². The lowest BCUT2D eigenvalue weighted by molar-refractivity contribution is 0.454. The fraction of sp³-hybridized carbons (Fsp3) is 0.250. The van der Waals surface area contributed by atoms with Crippen molar-refractivity contribution in [2.45, 2.75) is 19.8 Å². The van der Waals surface area contributed by atoms with Gasteiger partial charge in [-0.05, 0) is 43.4 Å². The van der Waals surface area contributed by atoms with Crippen molar-refractivity contribution in [3.8, 4) is 5.88 Å². The molecular formula is C20H20N8O2. The summed E-state index contributed by atoms with van der Waals surface area (Å²) in [5.74, 6) is 1.64. The average molecular weight is 404 g/mol. The van der Waals surface area contributed by atoms with E-state index in [1.54, 1.807) is 23.0 Å². The van der Waals surface area contributed by atoms with E-state index in [2.05, 4.69) is 30.4 Å². The van der Waals surface area contributed by atoms with Crippen LogP contribution < -0.4 is 21.7 Å². The van der Waals surface area contributed by atoms with Crippen molar-refractivity contribution < 1.29 is 5.11 Å². The summed E-state index contributed by atoms with van der Waals surface area (Å²) in [6.45, 7) is 2.72. The van der Waals surface area contributed by atoms with Crippen LogP contribution in [0.4, 0.5) is 11.6 Å². The molecule has 0 aromatic carbocycles. The van der Waals surface area contributed by atoms with Crippen LogP contribution in [-0.4, -0.2) is 41.2 Å². The van der Waals surface area contributed by atoms with E-state index < -0.39 is 5.69 Å². The molecule has 10 nitrogen and oxygen atoms in total. The predicted octanol–water partition coefficient (Wildman–Crippen LogP) is 0.757. The summed E-state index contributed by atoms with van der Waals surface area (Å²) in [5.41, 5.74) is 2.05. The largest absolute Gasteiger partial charge is 0.493 e. The first-order valence-corrected chi connectivity index (χ1v) is 9.67. The van der Waals surface area contributed by atoms with Crippen molar-refractivity contribution in [3.63, 3.8) is 0 Å². The number of aromatic amines is 2. The van der Waals surface area contributed by atoms with Crippen molar-refractivity contribution in [1.29, 1.82) is 0 Å². The van der Waals surface area contributed by atoms with Gasteiger partial charge in [0.1, 0.15) is 17.3 Å². The van der Waals surface area contributed by atoms with Gasteiger partial charge in [0, 0.05) is 24.0 Å². The van der Waals surface area contributed by atoms with Crippen LogP contribution in [0.1, 0.15) is 24.1 Å². The molecule has 4 heterocycles. The minimum atomic E-state index is -0.490. The van der Waals surface area contributed by atoms with E-state index in [0.717, 1.165) is 12.1 Å². The Kier molecular flexibility index (Phi) is 4.31.